The summed E-state index contributed by atoms with van der Waals surface area (Å²) < 4.78 is 13.1. The molecule has 24 heavy (non-hydrogen) atoms. The Morgan fingerprint density at radius 1 is 1.08 bits per heavy atom. The summed E-state index contributed by atoms with van der Waals surface area (Å²) in [5.41, 5.74) is 0.147. The third kappa shape index (κ3) is 3.15. The van der Waals surface area contributed by atoms with E-state index in [4.69, 9.17) is 0 Å². The van der Waals surface area contributed by atoms with Crippen LogP contribution in [0.2, 0.25) is 0 Å². The molecule has 0 radical (unpaired) electrons. The maximum absolute atomic E-state index is 13.1. The zero-order chi connectivity index (χ0) is 18.2. The lowest BCUT2D eigenvalue weighted by atomic mass is 9.81. The maximum atomic E-state index is 13.1. The standard InChI is InChI=1S/C19H19FO4/c1-10-13(16(21)11-5-7-12(20)8-6-11)9-14(19(2,3)4)17(22)15(10)18(23)24/h5-9,22H,1-4H3,(H,23,24). The number of rotatable bonds is 3. The first-order valence-corrected chi connectivity index (χ1v) is 7.44. The Labute approximate surface area is 139 Å². The predicted octanol–water partition coefficient (Wildman–Crippen LogP) is 4.07. The minimum atomic E-state index is -1.30. The van der Waals surface area contributed by atoms with Crippen LogP contribution < -0.4 is 0 Å². The molecule has 0 aromatic heterocycles. The molecule has 0 atom stereocenters. The summed E-state index contributed by atoms with van der Waals surface area (Å²) in [6.07, 6.45) is 0. The lowest BCUT2D eigenvalue weighted by Gasteiger charge is -2.23. The van der Waals surface area contributed by atoms with Crippen LogP contribution in [0.25, 0.3) is 0 Å². The highest BCUT2D eigenvalue weighted by Crippen LogP contribution is 2.37. The first-order valence-electron chi connectivity index (χ1n) is 7.44. The highest BCUT2D eigenvalue weighted by molar-refractivity contribution is 6.12. The van der Waals surface area contributed by atoms with Crippen molar-refractivity contribution < 1.29 is 24.2 Å². The fourth-order valence-corrected chi connectivity index (χ4v) is 2.59. The molecule has 0 saturated heterocycles. The maximum Gasteiger partial charge on any atom is 0.339 e. The molecule has 0 bridgehead atoms. The van der Waals surface area contributed by atoms with Gasteiger partial charge in [-0.2, -0.15) is 0 Å². The summed E-state index contributed by atoms with van der Waals surface area (Å²) in [6, 6.07) is 6.56. The third-order valence-corrected chi connectivity index (χ3v) is 3.93. The van der Waals surface area contributed by atoms with Crippen LogP contribution in [-0.4, -0.2) is 22.0 Å². The first kappa shape index (κ1) is 17.7. The molecule has 0 fully saturated rings. The van der Waals surface area contributed by atoms with Gasteiger partial charge in [0.1, 0.15) is 17.1 Å². The van der Waals surface area contributed by atoms with Crippen molar-refractivity contribution in [3.05, 3.63) is 64.0 Å². The highest BCUT2D eigenvalue weighted by Gasteiger charge is 2.28. The van der Waals surface area contributed by atoms with E-state index in [0.29, 0.717) is 5.56 Å². The van der Waals surface area contributed by atoms with Crippen molar-refractivity contribution in [2.24, 2.45) is 0 Å². The first-order chi connectivity index (χ1) is 11.0. The van der Waals surface area contributed by atoms with Crippen LogP contribution in [0.15, 0.2) is 30.3 Å². The molecule has 0 aliphatic heterocycles. The van der Waals surface area contributed by atoms with E-state index in [2.05, 4.69) is 0 Å². The molecule has 0 amide bonds. The number of phenols is 1. The highest BCUT2D eigenvalue weighted by atomic mass is 19.1. The Balaban J connectivity index is 2.74. The number of carboxylic acid groups (broad SMARTS) is 1. The van der Waals surface area contributed by atoms with Crippen LogP contribution in [0.3, 0.4) is 0 Å². The molecule has 0 unspecified atom stereocenters. The van der Waals surface area contributed by atoms with Gasteiger partial charge in [0.25, 0.3) is 0 Å². The molecule has 2 rings (SSSR count). The second-order valence-electron chi connectivity index (χ2n) is 6.71. The van der Waals surface area contributed by atoms with Crippen LogP contribution in [0, 0.1) is 12.7 Å². The number of aromatic hydroxyl groups is 1. The number of aromatic carboxylic acids is 1. The second kappa shape index (κ2) is 6.07. The van der Waals surface area contributed by atoms with E-state index in [-0.39, 0.29) is 28.0 Å². The monoisotopic (exact) mass is 330 g/mol. The Morgan fingerprint density at radius 2 is 1.62 bits per heavy atom. The number of benzene rings is 2. The Bertz CT molecular complexity index is 815. The van der Waals surface area contributed by atoms with Gasteiger partial charge in [-0.3, -0.25) is 4.79 Å². The summed E-state index contributed by atoms with van der Waals surface area (Å²) in [7, 11) is 0. The van der Waals surface area contributed by atoms with Crippen molar-refractivity contribution in [2.45, 2.75) is 33.1 Å². The van der Waals surface area contributed by atoms with Gasteiger partial charge in [-0.1, -0.05) is 20.8 Å². The number of carbonyl (C=O) groups excluding carboxylic acids is 1. The van der Waals surface area contributed by atoms with Gasteiger partial charge < -0.3 is 10.2 Å². The van der Waals surface area contributed by atoms with E-state index < -0.39 is 23.0 Å². The smallest absolute Gasteiger partial charge is 0.339 e. The zero-order valence-corrected chi connectivity index (χ0v) is 14.0. The van der Waals surface area contributed by atoms with E-state index in [1.165, 1.54) is 37.3 Å². The van der Waals surface area contributed by atoms with Crippen molar-refractivity contribution >= 4 is 11.8 Å². The van der Waals surface area contributed by atoms with E-state index in [9.17, 15) is 24.2 Å². The molecule has 126 valence electrons. The number of ketones is 1. The Hall–Kier alpha value is -2.69. The van der Waals surface area contributed by atoms with E-state index in [1.807, 2.05) is 20.8 Å². The van der Waals surface area contributed by atoms with Crippen molar-refractivity contribution in [2.75, 3.05) is 0 Å². The molecular formula is C19H19FO4. The van der Waals surface area contributed by atoms with E-state index in [0.717, 1.165) is 0 Å². The summed E-state index contributed by atoms with van der Waals surface area (Å²) >= 11 is 0. The lowest BCUT2D eigenvalue weighted by Crippen LogP contribution is -2.17. The summed E-state index contributed by atoms with van der Waals surface area (Å²) in [5, 5.41) is 19.8. The minimum Gasteiger partial charge on any atom is -0.507 e. The van der Waals surface area contributed by atoms with Gasteiger partial charge in [-0.15, -0.1) is 0 Å². The second-order valence-corrected chi connectivity index (χ2v) is 6.71. The Morgan fingerprint density at radius 3 is 2.08 bits per heavy atom. The van der Waals surface area contributed by atoms with Gasteiger partial charge in [0, 0.05) is 16.7 Å². The van der Waals surface area contributed by atoms with Gasteiger partial charge in [-0.05, 0) is 48.2 Å². The summed E-state index contributed by atoms with van der Waals surface area (Å²) in [4.78, 5) is 24.3. The van der Waals surface area contributed by atoms with Crippen LogP contribution in [0.5, 0.6) is 5.75 Å². The van der Waals surface area contributed by atoms with E-state index >= 15 is 0 Å². The van der Waals surface area contributed by atoms with Crippen molar-refractivity contribution in [3.8, 4) is 5.75 Å². The zero-order valence-electron chi connectivity index (χ0n) is 14.0. The predicted molar refractivity (Wildman–Crippen MR) is 88.3 cm³/mol. The van der Waals surface area contributed by atoms with Crippen molar-refractivity contribution in [3.63, 3.8) is 0 Å². The number of carbonyl (C=O) groups is 2. The molecule has 0 spiro atoms. The van der Waals surface area contributed by atoms with Crippen LogP contribution in [-0.2, 0) is 5.41 Å². The molecule has 2 aromatic carbocycles. The van der Waals surface area contributed by atoms with Gasteiger partial charge in [0.15, 0.2) is 5.78 Å². The SMILES string of the molecule is Cc1c(C(=O)c2ccc(F)cc2)cc(C(C)(C)C)c(O)c1C(=O)O. The summed E-state index contributed by atoms with van der Waals surface area (Å²) in [5.74, 6) is -2.51. The minimum absolute atomic E-state index is 0.182. The lowest BCUT2D eigenvalue weighted by molar-refractivity contribution is 0.0692. The molecule has 4 nitrogen and oxygen atoms in total. The fraction of sp³-hybridized carbons (Fsp3) is 0.263. The van der Waals surface area contributed by atoms with Crippen LogP contribution in [0.1, 0.15) is 58.2 Å². The third-order valence-electron chi connectivity index (χ3n) is 3.93. The quantitative estimate of drug-likeness (QED) is 0.832. The van der Waals surface area contributed by atoms with Gasteiger partial charge >= 0.3 is 5.97 Å². The molecule has 0 aliphatic rings. The molecule has 5 heteroatoms. The average molecular weight is 330 g/mol. The summed E-state index contributed by atoms with van der Waals surface area (Å²) in [6.45, 7) is 6.92. The van der Waals surface area contributed by atoms with Crippen LogP contribution >= 0.6 is 0 Å². The fourth-order valence-electron chi connectivity index (χ4n) is 2.59. The van der Waals surface area contributed by atoms with Crippen molar-refractivity contribution in [1.82, 2.24) is 0 Å². The van der Waals surface area contributed by atoms with Crippen LogP contribution in [0.4, 0.5) is 4.39 Å². The number of carboxylic acids is 1. The molecule has 0 heterocycles. The molecular weight excluding hydrogens is 311 g/mol. The largest absolute Gasteiger partial charge is 0.507 e. The molecule has 2 N–H and O–H groups in total. The number of halogens is 1. The Kier molecular flexibility index (Phi) is 4.47. The average Bonchev–Trinajstić information content (AvgIpc) is 2.45. The van der Waals surface area contributed by atoms with Gasteiger partial charge in [0.05, 0.1) is 0 Å². The normalized spacial score (nSPS) is 11.4. The number of hydrogen-bond donors (Lipinski definition) is 2. The van der Waals surface area contributed by atoms with E-state index in [1.54, 1.807) is 0 Å². The number of hydrogen-bond acceptors (Lipinski definition) is 3. The van der Waals surface area contributed by atoms with Crippen molar-refractivity contribution in [1.29, 1.82) is 0 Å². The molecule has 0 saturated carbocycles. The molecule has 0 aliphatic carbocycles. The topological polar surface area (TPSA) is 74.6 Å². The van der Waals surface area contributed by atoms with Gasteiger partial charge in [0.2, 0.25) is 0 Å². The molecule has 2 aromatic rings. The van der Waals surface area contributed by atoms with Gasteiger partial charge in [-0.25, -0.2) is 9.18 Å².